The molecule has 6 heteroatoms. The summed E-state index contributed by atoms with van der Waals surface area (Å²) in [5.74, 6) is -7.97. The van der Waals surface area contributed by atoms with Crippen molar-refractivity contribution >= 4 is 11.6 Å². The van der Waals surface area contributed by atoms with Crippen molar-refractivity contribution in [3.8, 4) is 0 Å². The summed E-state index contributed by atoms with van der Waals surface area (Å²) in [5, 5.41) is 0. The second-order valence-electron chi connectivity index (χ2n) is 2.83. The molecule has 0 fully saturated rings. The molecule has 91 valence electrons. The molecule has 0 spiro atoms. The average molecular weight is 280 g/mol. The summed E-state index contributed by atoms with van der Waals surface area (Å²) in [6.45, 7) is -1.86. The Morgan fingerprint density at radius 3 is 2.06 bits per heavy atom. The van der Waals surface area contributed by atoms with Crippen molar-refractivity contribution in [3.63, 3.8) is 0 Å². The fourth-order valence-corrected chi connectivity index (χ4v) is 0.981. The van der Waals surface area contributed by atoms with Crippen LogP contribution in [-0.4, -0.2) is 24.2 Å². The van der Waals surface area contributed by atoms with Crippen molar-refractivity contribution < 1.29 is 39.8 Å². The van der Waals surface area contributed by atoms with Gasteiger partial charge in [0.15, 0.2) is 6.67 Å². The SMILES string of the molecule is O=C(CF)C(F)(F)C(=O)c1ccccc1.[Cu]. The van der Waals surface area contributed by atoms with Gasteiger partial charge in [-0.2, -0.15) is 8.78 Å². The number of benzene rings is 1. The number of hydrogen-bond donors (Lipinski definition) is 0. The Kier molecular flexibility index (Phi) is 5.41. The molecule has 1 aromatic carbocycles. The molecule has 1 aromatic rings. The summed E-state index contributed by atoms with van der Waals surface area (Å²) >= 11 is 0. The fourth-order valence-electron chi connectivity index (χ4n) is 0.981. The van der Waals surface area contributed by atoms with Crippen molar-refractivity contribution in [2.75, 3.05) is 6.67 Å². The maximum absolute atomic E-state index is 13.0. The topological polar surface area (TPSA) is 34.1 Å². The Hall–Kier alpha value is -1.13. The van der Waals surface area contributed by atoms with Gasteiger partial charge in [0.1, 0.15) is 0 Å². The first-order valence-electron chi connectivity index (χ1n) is 4.07. The monoisotopic (exact) mass is 279 g/mol. The van der Waals surface area contributed by atoms with Crippen molar-refractivity contribution in [2.45, 2.75) is 5.92 Å². The molecule has 0 saturated heterocycles. The smallest absolute Gasteiger partial charge is 0.289 e. The molecule has 0 aliphatic rings. The third-order valence-corrected chi connectivity index (χ3v) is 1.79. The first kappa shape index (κ1) is 14.9. The summed E-state index contributed by atoms with van der Waals surface area (Å²) in [7, 11) is 0. The molecule has 0 amide bonds. The van der Waals surface area contributed by atoms with Crippen LogP contribution in [0.1, 0.15) is 10.4 Å². The van der Waals surface area contributed by atoms with E-state index in [1.807, 2.05) is 0 Å². The first-order chi connectivity index (χ1) is 7.00. The van der Waals surface area contributed by atoms with Gasteiger partial charge in [-0.3, -0.25) is 9.59 Å². The van der Waals surface area contributed by atoms with Gasteiger partial charge >= 0.3 is 5.92 Å². The van der Waals surface area contributed by atoms with E-state index in [9.17, 15) is 22.8 Å². The zero-order valence-electron chi connectivity index (χ0n) is 7.85. The van der Waals surface area contributed by atoms with Crippen LogP contribution in [0.2, 0.25) is 0 Å². The molecule has 0 atom stereocenters. The van der Waals surface area contributed by atoms with Crippen LogP contribution in [-0.2, 0) is 21.9 Å². The van der Waals surface area contributed by atoms with Gasteiger partial charge in [-0.1, -0.05) is 30.3 Å². The zero-order valence-corrected chi connectivity index (χ0v) is 8.79. The van der Waals surface area contributed by atoms with Crippen molar-refractivity contribution in [1.82, 2.24) is 0 Å². The predicted octanol–water partition coefficient (Wildman–Crippen LogP) is 2.04. The summed E-state index contributed by atoms with van der Waals surface area (Å²) < 4.78 is 37.7. The maximum atomic E-state index is 13.0. The number of ketones is 2. The minimum absolute atomic E-state index is 0. The van der Waals surface area contributed by atoms with Gasteiger partial charge in [-0.05, 0) is 0 Å². The first-order valence-corrected chi connectivity index (χ1v) is 4.07. The Balaban J connectivity index is 0.00000225. The summed E-state index contributed by atoms with van der Waals surface area (Å²) in [4.78, 5) is 21.6. The van der Waals surface area contributed by atoms with Gasteiger partial charge in [0.05, 0.1) is 0 Å². The molecule has 0 saturated carbocycles. The number of carbonyl (C=O) groups excluding carboxylic acids is 2. The van der Waals surface area contributed by atoms with Gasteiger partial charge in [0.2, 0.25) is 11.6 Å². The molecule has 1 radical (unpaired) electrons. The average Bonchev–Trinajstić information content (AvgIpc) is 2.28. The summed E-state index contributed by atoms with van der Waals surface area (Å²) in [6.07, 6.45) is 0. The van der Waals surface area contributed by atoms with Gasteiger partial charge < -0.3 is 0 Å². The normalized spacial score (nSPS) is 10.4. The number of hydrogen-bond acceptors (Lipinski definition) is 2. The van der Waals surface area contributed by atoms with E-state index >= 15 is 0 Å². The van der Waals surface area contributed by atoms with Crippen LogP contribution < -0.4 is 0 Å². The molecular weight excluding hydrogens is 273 g/mol. The van der Waals surface area contributed by atoms with Crippen molar-refractivity contribution in [3.05, 3.63) is 35.9 Å². The Bertz CT molecular complexity index is 379. The molecule has 0 aliphatic heterocycles. The Morgan fingerprint density at radius 2 is 1.62 bits per heavy atom. The van der Waals surface area contributed by atoms with Gasteiger partial charge in [0.25, 0.3) is 0 Å². The third kappa shape index (κ3) is 2.93. The van der Waals surface area contributed by atoms with E-state index in [0.717, 1.165) is 12.1 Å². The number of halogens is 3. The van der Waals surface area contributed by atoms with Crippen molar-refractivity contribution in [2.24, 2.45) is 0 Å². The number of Topliss-reactive ketones (excluding diaryl/α,β-unsaturated/α-hetero) is 2. The van der Waals surface area contributed by atoms with Gasteiger partial charge in [-0.15, -0.1) is 0 Å². The molecule has 2 nitrogen and oxygen atoms in total. The molecule has 0 N–H and O–H groups in total. The second-order valence-corrected chi connectivity index (χ2v) is 2.83. The molecule has 0 aliphatic carbocycles. The molecule has 1 rings (SSSR count). The maximum Gasteiger partial charge on any atom is 0.369 e. The quantitative estimate of drug-likeness (QED) is 0.480. The van der Waals surface area contributed by atoms with E-state index in [2.05, 4.69) is 0 Å². The van der Waals surface area contributed by atoms with Crippen LogP contribution in [0, 0.1) is 0 Å². The van der Waals surface area contributed by atoms with Crippen LogP contribution >= 0.6 is 0 Å². The van der Waals surface area contributed by atoms with Crippen LogP contribution in [0.4, 0.5) is 13.2 Å². The van der Waals surface area contributed by atoms with Crippen LogP contribution in [0.3, 0.4) is 0 Å². The largest absolute Gasteiger partial charge is 0.369 e. The van der Waals surface area contributed by atoms with E-state index in [0.29, 0.717) is 0 Å². The third-order valence-electron chi connectivity index (χ3n) is 1.79. The predicted molar refractivity (Wildman–Crippen MR) is 46.7 cm³/mol. The molecule has 0 unspecified atom stereocenters. The second kappa shape index (κ2) is 5.82. The van der Waals surface area contributed by atoms with E-state index in [-0.39, 0.29) is 22.6 Å². The summed E-state index contributed by atoms with van der Waals surface area (Å²) in [6, 6.07) is 6.57. The standard InChI is InChI=1S/C10H7F3O2.Cu/c11-6-8(14)10(12,13)9(15)7-4-2-1-3-5-7;/h1-5H,6H2;. The van der Waals surface area contributed by atoms with Crippen LogP contribution in [0.25, 0.3) is 0 Å². The summed E-state index contributed by atoms with van der Waals surface area (Å²) in [5.41, 5.74) is -0.315. The van der Waals surface area contributed by atoms with E-state index in [4.69, 9.17) is 0 Å². The van der Waals surface area contributed by atoms with E-state index in [1.165, 1.54) is 18.2 Å². The molecule has 0 bridgehead atoms. The Labute approximate surface area is 100 Å². The van der Waals surface area contributed by atoms with Gasteiger partial charge in [0, 0.05) is 22.6 Å². The number of carbonyl (C=O) groups is 2. The van der Waals surface area contributed by atoms with Crippen molar-refractivity contribution in [1.29, 1.82) is 0 Å². The molecule has 0 heterocycles. The van der Waals surface area contributed by atoms with Crippen LogP contribution in [0.15, 0.2) is 30.3 Å². The fraction of sp³-hybridized carbons (Fsp3) is 0.200. The minimum Gasteiger partial charge on any atom is -0.289 e. The molecular formula is C10H7CuF3O2. The van der Waals surface area contributed by atoms with E-state index in [1.54, 1.807) is 0 Å². The van der Waals surface area contributed by atoms with E-state index < -0.39 is 24.2 Å². The molecule has 16 heavy (non-hydrogen) atoms. The zero-order chi connectivity index (χ0) is 11.5. The van der Waals surface area contributed by atoms with Gasteiger partial charge in [-0.25, -0.2) is 4.39 Å². The number of alkyl halides is 3. The van der Waals surface area contributed by atoms with Crippen LogP contribution in [0.5, 0.6) is 0 Å². The minimum atomic E-state index is -4.28. The Morgan fingerprint density at radius 1 is 1.12 bits per heavy atom. The molecule has 0 aromatic heterocycles. The number of rotatable bonds is 4.